The molecule has 0 saturated heterocycles. The van der Waals surface area contributed by atoms with Gasteiger partial charge in [0.25, 0.3) is 0 Å². The molecule has 3 rings (SSSR count). The van der Waals surface area contributed by atoms with Gasteiger partial charge in [0.15, 0.2) is 0 Å². The Morgan fingerprint density at radius 2 is 1.21 bits per heavy atom. The summed E-state index contributed by atoms with van der Waals surface area (Å²) in [5.74, 6) is 1.85. The molecule has 0 aliphatic carbocycles. The molecule has 3 nitrogen and oxygen atoms in total. The predicted molar refractivity (Wildman–Crippen MR) is 82.3 cm³/mol. The number of hydrogen-bond acceptors (Lipinski definition) is 3. The van der Waals surface area contributed by atoms with Crippen molar-refractivity contribution in [3.05, 3.63) is 78.5 Å². The van der Waals surface area contributed by atoms with Crippen LogP contribution in [0.5, 0.6) is 23.1 Å². The molecule has 0 unspecified atom stereocenters. The Hall–Kier alpha value is -3.02. The van der Waals surface area contributed by atoms with Crippen LogP contribution in [-0.2, 0) is 6.18 Å². The van der Waals surface area contributed by atoms with Crippen LogP contribution in [0.4, 0.5) is 13.2 Å². The SMILES string of the molecule is FC(F)(F)c1ccc(Oc2ccc(Oc3ccccn3)cc2)cc1. The molecule has 122 valence electrons. The minimum atomic E-state index is -4.36. The number of benzene rings is 2. The van der Waals surface area contributed by atoms with Crippen LogP contribution in [0.2, 0.25) is 0 Å². The van der Waals surface area contributed by atoms with E-state index in [1.54, 1.807) is 42.6 Å². The van der Waals surface area contributed by atoms with Crippen molar-refractivity contribution in [2.24, 2.45) is 0 Å². The molecular weight excluding hydrogens is 319 g/mol. The Labute approximate surface area is 136 Å². The fraction of sp³-hybridized carbons (Fsp3) is 0.0556. The molecule has 0 atom stereocenters. The van der Waals surface area contributed by atoms with E-state index in [2.05, 4.69) is 4.98 Å². The Balaban J connectivity index is 1.66. The first-order valence-corrected chi connectivity index (χ1v) is 7.05. The third-order valence-electron chi connectivity index (χ3n) is 3.10. The minimum absolute atomic E-state index is 0.321. The van der Waals surface area contributed by atoms with Crippen molar-refractivity contribution in [3.63, 3.8) is 0 Å². The van der Waals surface area contributed by atoms with E-state index < -0.39 is 11.7 Å². The molecule has 6 heteroatoms. The van der Waals surface area contributed by atoms with Crippen LogP contribution in [0.15, 0.2) is 72.9 Å². The van der Waals surface area contributed by atoms with Crippen LogP contribution in [-0.4, -0.2) is 4.98 Å². The van der Waals surface area contributed by atoms with Crippen LogP contribution in [0.3, 0.4) is 0 Å². The van der Waals surface area contributed by atoms with E-state index in [1.807, 2.05) is 6.07 Å². The molecule has 0 bridgehead atoms. The second kappa shape index (κ2) is 6.62. The number of pyridine rings is 1. The van der Waals surface area contributed by atoms with Gasteiger partial charge in [-0.2, -0.15) is 13.2 Å². The van der Waals surface area contributed by atoms with Gasteiger partial charge < -0.3 is 9.47 Å². The van der Waals surface area contributed by atoms with Gasteiger partial charge in [-0.25, -0.2) is 4.98 Å². The molecule has 0 radical (unpaired) electrons. The van der Waals surface area contributed by atoms with Gasteiger partial charge in [-0.1, -0.05) is 6.07 Å². The molecule has 0 amide bonds. The van der Waals surface area contributed by atoms with Crippen molar-refractivity contribution < 1.29 is 22.6 Å². The van der Waals surface area contributed by atoms with Crippen LogP contribution in [0, 0.1) is 0 Å². The zero-order chi connectivity index (χ0) is 17.0. The number of alkyl halides is 3. The largest absolute Gasteiger partial charge is 0.457 e. The van der Waals surface area contributed by atoms with Crippen LogP contribution in [0.25, 0.3) is 0 Å². The third kappa shape index (κ3) is 4.04. The van der Waals surface area contributed by atoms with E-state index in [-0.39, 0.29) is 0 Å². The first-order chi connectivity index (χ1) is 11.5. The van der Waals surface area contributed by atoms with E-state index in [0.29, 0.717) is 23.1 Å². The number of rotatable bonds is 4. The van der Waals surface area contributed by atoms with Gasteiger partial charge in [0.1, 0.15) is 17.2 Å². The highest BCUT2D eigenvalue weighted by Gasteiger charge is 2.30. The average Bonchev–Trinajstić information content (AvgIpc) is 2.57. The summed E-state index contributed by atoms with van der Waals surface area (Å²) < 4.78 is 48.6. The smallest absolute Gasteiger partial charge is 0.416 e. The zero-order valence-electron chi connectivity index (χ0n) is 12.3. The molecule has 0 N–H and O–H groups in total. The number of hydrogen-bond donors (Lipinski definition) is 0. The molecule has 24 heavy (non-hydrogen) atoms. The molecule has 0 fully saturated rings. The lowest BCUT2D eigenvalue weighted by molar-refractivity contribution is -0.137. The molecule has 0 aliphatic heterocycles. The van der Waals surface area contributed by atoms with Crippen LogP contribution < -0.4 is 9.47 Å². The lowest BCUT2D eigenvalue weighted by atomic mass is 10.2. The van der Waals surface area contributed by atoms with Crippen molar-refractivity contribution in [2.45, 2.75) is 6.18 Å². The van der Waals surface area contributed by atoms with Crippen LogP contribution >= 0.6 is 0 Å². The second-order valence-electron chi connectivity index (χ2n) is 4.87. The lowest BCUT2D eigenvalue weighted by Gasteiger charge is -2.09. The molecule has 0 spiro atoms. The summed E-state index contributed by atoms with van der Waals surface area (Å²) in [5, 5.41) is 0. The molecular formula is C18H12F3NO2. The average molecular weight is 331 g/mol. The summed E-state index contributed by atoms with van der Waals surface area (Å²) in [4.78, 5) is 4.05. The fourth-order valence-electron chi connectivity index (χ4n) is 1.95. The summed E-state index contributed by atoms with van der Waals surface area (Å²) in [6.45, 7) is 0. The minimum Gasteiger partial charge on any atom is -0.457 e. The van der Waals surface area contributed by atoms with Crippen LogP contribution in [0.1, 0.15) is 5.56 Å². The Morgan fingerprint density at radius 1 is 0.667 bits per heavy atom. The zero-order valence-corrected chi connectivity index (χ0v) is 12.3. The van der Waals surface area contributed by atoms with Crippen molar-refractivity contribution in [1.82, 2.24) is 4.98 Å². The van der Waals surface area contributed by atoms with Gasteiger partial charge >= 0.3 is 6.18 Å². The topological polar surface area (TPSA) is 31.4 Å². The number of nitrogens with zero attached hydrogens (tertiary/aromatic N) is 1. The third-order valence-corrected chi connectivity index (χ3v) is 3.10. The number of ether oxygens (including phenoxy) is 2. The maximum Gasteiger partial charge on any atom is 0.416 e. The first-order valence-electron chi connectivity index (χ1n) is 7.05. The standard InChI is InChI=1S/C18H12F3NO2/c19-18(20,21)13-4-6-14(7-5-13)23-15-8-10-16(11-9-15)24-17-3-1-2-12-22-17/h1-12H. The number of halogens is 3. The monoisotopic (exact) mass is 331 g/mol. The quantitative estimate of drug-likeness (QED) is 0.616. The predicted octanol–water partition coefficient (Wildman–Crippen LogP) is 5.69. The summed E-state index contributed by atoms with van der Waals surface area (Å²) in [6.07, 6.45) is -2.74. The second-order valence-corrected chi connectivity index (χ2v) is 4.87. The van der Waals surface area contributed by atoms with E-state index in [9.17, 15) is 13.2 Å². The molecule has 2 aromatic carbocycles. The molecule has 1 aromatic heterocycles. The van der Waals surface area contributed by atoms with Crippen molar-refractivity contribution in [2.75, 3.05) is 0 Å². The van der Waals surface area contributed by atoms with Gasteiger partial charge in [0.05, 0.1) is 5.56 Å². The van der Waals surface area contributed by atoms with Crippen molar-refractivity contribution >= 4 is 0 Å². The van der Waals surface area contributed by atoms with E-state index in [4.69, 9.17) is 9.47 Å². The Morgan fingerprint density at radius 3 is 1.71 bits per heavy atom. The fourth-order valence-corrected chi connectivity index (χ4v) is 1.95. The molecule has 3 aromatic rings. The summed E-state index contributed by atoms with van der Waals surface area (Å²) in [5.41, 5.74) is -0.714. The van der Waals surface area contributed by atoms with E-state index in [1.165, 1.54) is 12.1 Å². The normalized spacial score (nSPS) is 11.1. The summed E-state index contributed by atoms with van der Waals surface area (Å²) >= 11 is 0. The van der Waals surface area contributed by atoms with Crippen molar-refractivity contribution in [1.29, 1.82) is 0 Å². The summed E-state index contributed by atoms with van der Waals surface area (Å²) in [7, 11) is 0. The van der Waals surface area contributed by atoms with Gasteiger partial charge in [-0.3, -0.25) is 0 Å². The van der Waals surface area contributed by atoms with E-state index in [0.717, 1.165) is 12.1 Å². The van der Waals surface area contributed by atoms with E-state index >= 15 is 0 Å². The van der Waals surface area contributed by atoms with Crippen molar-refractivity contribution in [3.8, 4) is 23.1 Å². The molecule has 0 aliphatic rings. The maximum absolute atomic E-state index is 12.5. The van der Waals surface area contributed by atoms with Gasteiger partial charge in [0, 0.05) is 12.3 Å². The molecule has 1 heterocycles. The summed E-state index contributed by atoms with van der Waals surface area (Å²) in [6, 6.07) is 16.5. The number of aromatic nitrogens is 1. The van der Waals surface area contributed by atoms with Gasteiger partial charge in [-0.15, -0.1) is 0 Å². The molecule has 0 saturated carbocycles. The highest BCUT2D eigenvalue weighted by atomic mass is 19.4. The van der Waals surface area contributed by atoms with Gasteiger partial charge in [-0.05, 0) is 54.6 Å². The Kier molecular flexibility index (Phi) is 4.37. The highest BCUT2D eigenvalue weighted by molar-refractivity contribution is 5.37. The maximum atomic E-state index is 12.5. The highest BCUT2D eigenvalue weighted by Crippen LogP contribution is 2.31. The Bertz CT molecular complexity index is 785. The van der Waals surface area contributed by atoms with Gasteiger partial charge in [0.2, 0.25) is 5.88 Å². The first kappa shape index (κ1) is 15.9. The lowest BCUT2D eigenvalue weighted by Crippen LogP contribution is -2.03.